The molecule has 1 aliphatic heterocycles. The third kappa shape index (κ3) is 1.55. The van der Waals surface area contributed by atoms with Gasteiger partial charge in [-0.1, -0.05) is 37.8 Å². The molecule has 2 rings (SSSR count). The molecule has 0 N–H and O–H groups in total. The molecule has 1 fully saturated rings. The molecule has 0 aromatic carbocycles. The summed E-state index contributed by atoms with van der Waals surface area (Å²) in [4.78, 5) is 23.3. The second kappa shape index (κ2) is 3.79. The zero-order chi connectivity index (χ0) is 11.8. The molecule has 0 spiro atoms. The summed E-state index contributed by atoms with van der Waals surface area (Å²) in [5.41, 5.74) is -1.00. The number of carbonyl (C=O) groups is 2. The number of fused-ring (bicyclic) bond motifs is 1. The number of allylic oxidation sites excluding steroid dienone is 1. The average Bonchev–Trinajstić information content (AvgIpc) is 2.50. The molecule has 3 nitrogen and oxygen atoms in total. The van der Waals surface area contributed by atoms with Crippen LogP contribution in [0.4, 0.5) is 0 Å². The summed E-state index contributed by atoms with van der Waals surface area (Å²) in [5, 5.41) is 0. The smallest absolute Gasteiger partial charge is 0.336 e. The van der Waals surface area contributed by atoms with Crippen LogP contribution in [0.15, 0.2) is 12.2 Å². The normalized spacial score (nSPS) is 32.1. The van der Waals surface area contributed by atoms with Crippen LogP contribution in [0.25, 0.3) is 0 Å². The molecular formula is C13H14O3. The predicted molar refractivity (Wildman–Crippen MR) is 58.0 cm³/mol. The fraction of sp³-hybridized carbons (Fsp3) is 0.538. The van der Waals surface area contributed by atoms with Gasteiger partial charge in [-0.15, -0.1) is 0 Å². The van der Waals surface area contributed by atoms with E-state index in [0.29, 0.717) is 6.42 Å². The number of hydrogen-bond acceptors (Lipinski definition) is 3. The average molecular weight is 218 g/mol. The highest BCUT2D eigenvalue weighted by Crippen LogP contribution is 2.43. The van der Waals surface area contributed by atoms with Crippen molar-refractivity contribution in [3.05, 3.63) is 12.2 Å². The van der Waals surface area contributed by atoms with Crippen LogP contribution < -0.4 is 0 Å². The first-order valence-electron chi connectivity index (χ1n) is 5.53. The zero-order valence-electron chi connectivity index (χ0n) is 9.45. The molecule has 0 saturated carbocycles. The standard InChI is InChI=1S/C13H14O3/c1-9(2)6-8-13-7-4-3-5-10(13)11(14)16-12(13)15/h4,7,9-10H,3,5H2,1-2H3. The number of hydrogen-bond donors (Lipinski definition) is 0. The summed E-state index contributed by atoms with van der Waals surface area (Å²) in [6, 6.07) is 0. The van der Waals surface area contributed by atoms with Gasteiger partial charge >= 0.3 is 11.9 Å². The molecule has 0 amide bonds. The Kier molecular flexibility index (Phi) is 2.59. The SMILES string of the molecule is CC(C)C#CC12C=CCCC1C(=O)OC2=O. The van der Waals surface area contributed by atoms with Gasteiger partial charge < -0.3 is 4.74 Å². The fourth-order valence-corrected chi connectivity index (χ4v) is 2.08. The first-order chi connectivity index (χ1) is 7.56. The van der Waals surface area contributed by atoms with Crippen LogP contribution >= 0.6 is 0 Å². The van der Waals surface area contributed by atoms with Gasteiger partial charge in [-0.25, -0.2) is 4.79 Å². The van der Waals surface area contributed by atoms with Crippen molar-refractivity contribution in [2.24, 2.45) is 17.3 Å². The monoisotopic (exact) mass is 218 g/mol. The maximum Gasteiger partial charge on any atom is 0.336 e. The van der Waals surface area contributed by atoms with Crippen molar-refractivity contribution < 1.29 is 14.3 Å². The third-order valence-electron chi connectivity index (χ3n) is 2.94. The maximum absolute atomic E-state index is 11.8. The highest BCUT2D eigenvalue weighted by atomic mass is 16.6. The van der Waals surface area contributed by atoms with Crippen molar-refractivity contribution in [2.45, 2.75) is 26.7 Å². The van der Waals surface area contributed by atoms with Crippen molar-refractivity contribution in [1.29, 1.82) is 0 Å². The minimum Gasteiger partial charge on any atom is -0.391 e. The highest BCUT2D eigenvalue weighted by Gasteiger charge is 2.56. The van der Waals surface area contributed by atoms with E-state index in [0.717, 1.165) is 6.42 Å². The second-order valence-electron chi connectivity index (χ2n) is 4.53. The summed E-state index contributed by atoms with van der Waals surface area (Å²) >= 11 is 0. The Morgan fingerprint density at radius 3 is 2.94 bits per heavy atom. The van der Waals surface area contributed by atoms with Gasteiger partial charge in [0.2, 0.25) is 0 Å². The van der Waals surface area contributed by atoms with Gasteiger partial charge in [0, 0.05) is 5.92 Å². The lowest BCUT2D eigenvalue weighted by molar-refractivity contribution is -0.154. The van der Waals surface area contributed by atoms with Gasteiger partial charge in [0.25, 0.3) is 0 Å². The first kappa shape index (κ1) is 10.9. The molecule has 84 valence electrons. The van der Waals surface area contributed by atoms with Gasteiger partial charge in [0.1, 0.15) is 0 Å². The molecule has 1 saturated heterocycles. The van der Waals surface area contributed by atoms with E-state index < -0.39 is 23.3 Å². The quantitative estimate of drug-likeness (QED) is 0.269. The predicted octanol–water partition coefficient (Wildman–Crippen LogP) is 1.68. The van der Waals surface area contributed by atoms with Crippen LogP contribution in [0.2, 0.25) is 0 Å². The van der Waals surface area contributed by atoms with Gasteiger partial charge in [0.05, 0.1) is 5.92 Å². The van der Waals surface area contributed by atoms with Crippen LogP contribution in [-0.2, 0) is 14.3 Å². The van der Waals surface area contributed by atoms with E-state index >= 15 is 0 Å². The molecular weight excluding hydrogens is 204 g/mol. The van der Waals surface area contributed by atoms with E-state index in [4.69, 9.17) is 4.74 Å². The number of rotatable bonds is 0. The van der Waals surface area contributed by atoms with Crippen LogP contribution in [0.1, 0.15) is 26.7 Å². The van der Waals surface area contributed by atoms with Crippen molar-refractivity contribution in [2.75, 3.05) is 0 Å². The number of esters is 2. The van der Waals surface area contributed by atoms with Crippen LogP contribution in [0.3, 0.4) is 0 Å². The molecule has 3 heteroatoms. The molecule has 2 atom stereocenters. The fourth-order valence-electron chi connectivity index (χ4n) is 2.08. The Balaban J connectivity index is 2.45. The second-order valence-corrected chi connectivity index (χ2v) is 4.53. The van der Waals surface area contributed by atoms with Crippen LogP contribution in [0.5, 0.6) is 0 Å². The van der Waals surface area contributed by atoms with E-state index in [-0.39, 0.29) is 5.92 Å². The molecule has 2 unspecified atom stereocenters. The zero-order valence-corrected chi connectivity index (χ0v) is 9.45. The molecule has 0 radical (unpaired) electrons. The largest absolute Gasteiger partial charge is 0.391 e. The summed E-state index contributed by atoms with van der Waals surface area (Å²) in [7, 11) is 0. The molecule has 1 heterocycles. The molecule has 0 aromatic heterocycles. The van der Waals surface area contributed by atoms with Crippen LogP contribution in [-0.4, -0.2) is 11.9 Å². The Labute approximate surface area is 94.9 Å². The summed E-state index contributed by atoms with van der Waals surface area (Å²) in [5.74, 6) is 4.76. The Bertz CT molecular complexity index is 422. The Hall–Kier alpha value is -1.56. The summed E-state index contributed by atoms with van der Waals surface area (Å²) < 4.78 is 4.71. The van der Waals surface area contributed by atoms with E-state index in [2.05, 4.69) is 11.8 Å². The van der Waals surface area contributed by atoms with Gasteiger partial charge in [-0.2, -0.15) is 0 Å². The molecule has 1 aliphatic carbocycles. The Morgan fingerprint density at radius 1 is 1.50 bits per heavy atom. The topological polar surface area (TPSA) is 43.4 Å². The molecule has 16 heavy (non-hydrogen) atoms. The van der Waals surface area contributed by atoms with E-state index in [9.17, 15) is 9.59 Å². The molecule has 0 bridgehead atoms. The van der Waals surface area contributed by atoms with E-state index in [1.54, 1.807) is 6.08 Å². The van der Waals surface area contributed by atoms with Crippen molar-refractivity contribution in [1.82, 2.24) is 0 Å². The number of carbonyl (C=O) groups excluding carboxylic acids is 2. The van der Waals surface area contributed by atoms with E-state index in [1.165, 1.54) is 0 Å². The van der Waals surface area contributed by atoms with Crippen molar-refractivity contribution >= 4 is 11.9 Å². The first-order valence-corrected chi connectivity index (χ1v) is 5.53. The van der Waals surface area contributed by atoms with Gasteiger partial charge in [-0.3, -0.25) is 4.79 Å². The van der Waals surface area contributed by atoms with Crippen LogP contribution in [0, 0.1) is 29.1 Å². The molecule has 2 aliphatic rings. The number of ether oxygens (including phenoxy) is 1. The lowest BCUT2D eigenvalue weighted by atomic mass is 9.72. The lowest BCUT2D eigenvalue weighted by Crippen LogP contribution is -2.32. The lowest BCUT2D eigenvalue weighted by Gasteiger charge is -2.23. The minimum absolute atomic E-state index is 0.175. The Morgan fingerprint density at radius 2 is 2.25 bits per heavy atom. The summed E-state index contributed by atoms with van der Waals surface area (Å²) in [6.07, 6.45) is 5.10. The minimum atomic E-state index is -1.00. The number of cyclic esters (lactones) is 2. The maximum atomic E-state index is 11.8. The van der Waals surface area contributed by atoms with Crippen molar-refractivity contribution in [3.63, 3.8) is 0 Å². The van der Waals surface area contributed by atoms with Crippen molar-refractivity contribution in [3.8, 4) is 11.8 Å². The third-order valence-corrected chi connectivity index (χ3v) is 2.94. The highest BCUT2D eigenvalue weighted by molar-refractivity contribution is 6.02. The van der Waals surface area contributed by atoms with Gasteiger partial charge in [-0.05, 0) is 12.8 Å². The van der Waals surface area contributed by atoms with E-state index in [1.807, 2.05) is 19.9 Å². The van der Waals surface area contributed by atoms with Gasteiger partial charge in [0.15, 0.2) is 5.41 Å². The molecule has 0 aromatic rings. The summed E-state index contributed by atoms with van der Waals surface area (Å²) in [6.45, 7) is 3.90.